The quantitative estimate of drug-likeness (QED) is 0.464. The highest BCUT2D eigenvalue weighted by Crippen LogP contribution is 2.31. The van der Waals surface area contributed by atoms with E-state index in [1.807, 2.05) is 0 Å². The molecule has 1 aliphatic carbocycles. The van der Waals surface area contributed by atoms with Gasteiger partial charge >= 0.3 is 5.82 Å². The summed E-state index contributed by atoms with van der Waals surface area (Å²) in [5, 5.41) is 10.8. The molecule has 86 valence electrons. The standard InChI is InChI=1S/C10H11ClN2O3/c11-7-3-4-8(6-7)16-9-2-1-5-12-10(9)13(14)15/h1-2,5,7-8H,3-4,6H2/t7-,8?/m0/s1. The molecule has 0 N–H and O–H groups in total. The van der Waals surface area contributed by atoms with E-state index in [1.54, 1.807) is 12.1 Å². The maximum absolute atomic E-state index is 10.7. The Kier molecular flexibility index (Phi) is 3.24. The Morgan fingerprint density at radius 2 is 2.38 bits per heavy atom. The molecule has 0 saturated heterocycles. The molecular formula is C10H11ClN2O3. The Bertz CT molecular complexity index is 399. The average molecular weight is 243 g/mol. The summed E-state index contributed by atoms with van der Waals surface area (Å²) in [4.78, 5) is 13.8. The van der Waals surface area contributed by atoms with Crippen molar-refractivity contribution in [2.45, 2.75) is 30.7 Å². The highest BCUT2D eigenvalue weighted by atomic mass is 35.5. The molecule has 0 radical (unpaired) electrons. The van der Waals surface area contributed by atoms with E-state index < -0.39 is 4.92 Å². The molecule has 0 amide bonds. The van der Waals surface area contributed by atoms with Crippen molar-refractivity contribution in [3.05, 3.63) is 28.4 Å². The van der Waals surface area contributed by atoms with Crippen LogP contribution in [0.1, 0.15) is 19.3 Å². The van der Waals surface area contributed by atoms with Gasteiger partial charge in [0.2, 0.25) is 5.75 Å². The van der Waals surface area contributed by atoms with E-state index in [9.17, 15) is 10.1 Å². The lowest BCUT2D eigenvalue weighted by Crippen LogP contribution is -2.13. The topological polar surface area (TPSA) is 65.3 Å². The maximum atomic E-state index is 10.7. The van der Waals surface area contributed by atoms with Crippen molar-refractivity contribution in [3.63, 3.8) is 0 Å². The van der Waals surface area contributed by atoms with Crippen LogP contribution in [0.5, 0.6) is 5.75 Å². The van der Waals surface area contributed by atoms with Gasteiger partial charge in [-0.05, 0) is 34.9 Å². The van der Waals surface area contributed by atoms with Crippen molar-refractivity contribution in [1.82, 2.24) is 4.98 Å². The van der Waals surface area contributed by atoms with Gasteiger partial charge in [-0.3, -0.25) is 0 Å². The first-order valence-electron chi connectivity index (χ1n) is 5.07. The number of pyridine rings is 1. The van der Waals surface area contributed by atoms with Gasteiger partial charge in [0.15, 0.2) is 0 Å². The predicted octanol–water partition coefficient (Wildman–Crippen LogP) is 2.53. The van der Waals surface area contributed by atoms with Crippen molar-refractivity contribution in [2.24, 2.45) is 0 Å². The third-order valence-corrected chi connectivity index (χ3v) is 2.93. The van der Waals surface area contributed by atoms with E-state index in [4.69, 9.17) is 16.3 Å². The van der Waals surface area contributed by atoms with Gasteiger partial charge in [0.05, 0.1) is 0 Å². The first-order valence-corrected chi connectivity index (χ1v) is 5.50. The normalized spacial score (nSPS) is 24.3. The fourth-order valence-corrected chi connectivity index (χ4v) is 2.11. The van der Waals surface area contributed by atoms with Gasteiger partial charge in [-0.2, -0.15) is 0 Å². The van der Waals surface area contributed by atoms with Crippen LogP contribution in [0.3, 0.4) is 0 Å². The molecule has 5 nitrogen and oxygen atoms in total. The van der Waals surface area contributed by atoms with E-state index in [0.29, 0.717) is 0 Å². The van der Waals surface area contributed by atoms with Crippen LogP contribution < -0.4 is 4.74 Å². The van der Waals surface area contributed by atoms with Crippen LogP contribution in [0.15, 0.2) is 18.3 Å². The van der Waals surface area contributed by atoms with Gasteiger partial charge in [0.1, 0.15) is 12.3 Å². The number of nitro groups is 1. The second-order valence-corrected chi connectivity index (χ2v) is 4.35. The Morgan fingerprint density at radius 1 is 1.56 bits per heavy atom. The van der Waals surface area contributed by atoms with Gasteiger partial charge in [-0.15, -0.1) is 11.6 Å². The van der Waals surface area contributed by atoms with E-state index in [2.05, 4.69) is 4.98 Å². The molecule has 1 unspecified atom stereocenters. The minimum Gasteiger partial charge on any atom is -0.482 e. The SMILES string of the molecule is O=[N+]([O-])c1ncccc1OC1CC[C@H](Cl)C1. The zero-order valence-electron chi connectivity index (χ0n) is 8.51. The smallest absolute Gasteiger partial charge is 0.406 e. The number of hydrogen-bond donors (Lipinski definition) is 0. The van der Waals surface area contributed by atoms with Crippen molar-refractivity contribution in [1.29, 1.82) is 0 Å². The summed E-state index contributed by atoms with van der Waals surface area (Å²) in [6.07, 6.45) is 3.79. The number of aromatic nitrogens is 1. The van der Waals surface area contributed by atoms with Crippen LogP contribution in [-0.4, -0.2) is 21.4 Å². The zero-order chi connectivity index (χ0) is 11.5. The minimum atomic E-state index is -0.539. The Hall–Kier alpha value is -1.36. The lowest BCUT2D eigenvalue weighted by Gasteiger charge is -2.12. The largest absolute Gasteiger partial charge is 0.482 e. The summed E-state index contributed by atoms with van der Waals surface area (Å²) < 4.78 is 5.55. The molecule has 2 atom stereocenters. The first-order chi connectivity index (χ1) is 7.66. The summed E-state index contributed by atoms with van der Waals surface area (Å²) in [6, 6.07) is 3.18. The third-order valence-electron chi connectivity index (χ3n) is 2.54. The third kappa shape index (κ3) is 2.41. The van der Waals surface area contributed by atoms with Crippen LogP contribution >= 0.6 is 11.6 Å². The van der Waals surface area contributed by atoms with Gasteiger partial charge in [-0.25, -0.2) is 0 Å². The number of hydrogen-bond acceptors (Lipinski definition) is 4. The second kappa shape index (κ2) is 4.65. The number of alkyl halides is 1. The van der Waals surface area contributed by atoms with Crippen LogP contribution in [0, 0.1) is 10.1 Å². The van der Waals surface area contributed by atoms with Gasteiger partial charge < -0.3 is 14.9 Å². The monoisotopic (exact) mass is 242 g/mol. The Morgan fingerprint density at radius 3 is 3.00 bits per heavy atom. The van der Waals surface area contributed by atoms with Crippen LogP contribution in [-0.2, 0) is 0 Å². The van der Waals surface area contributed by atoms with Crippen molar-refractivity contribution in [3.8, 4) is 5.75 Å². The molecule has 16 heavy (non-hydrogen) atoms. The van der Waals surface area contributed by atoms with Crippen molar-refractivity contribution in [2.75, 3.05) is 0 Å². The molecule has 1 heterocycles. The molecule has 1 saturated carbocycles. The van der Waals surface area contributed by atoms with Gasteiger partial charge in [-0.1, -0.05) is 0 Å². The molecular weight excluding hydrogens is 232 g/mol. The summed E-state index contributed by atoms with van der Waals surface area (Å²) in [5.74, 6) is -0.0104. The van der Waals surface area contributed by atoms with E-state index in [0.717, 1.165) is 19.3 Å². The molecule has 6 heteroatoms. The molecule has 0 spiro atoms. The Labute approximate surface area is 97.5 Å². The summed E-state index contributed by atoms with van der Waals surface area (Å²) >= 11 is 5.95. The molecule has 1 aromatic rings. The fourth-order valence-electron chi connectivity index (χ4n) is 1.79. The summed E-state index contributed by atoms with van der Waals surface area (Å²) in [5.41, 5.74) is 0. The van der Waals surface area contributed by atoms with E-state index in [1.165, 1.54) is 6.20 Å². The zero-order valence-corrected chi connectivity index (χ0v) is 9.26. The minimum absolute atomic E-state index is 0.0367. The molecule has 0 aliphatic heterocycles. The van der Waals surface area contributed by atoms with Crippen molar-refractivity contribution < 1.29 is 9.66 Å². The first kappa shape index (κ1) is 11.1. The number of nitrogens with zero attached hydrogens (tertiary/aromatic N) is 2. The highest BCUT2D eigenvalue weighted by molar-refractivity contribution is 6.20. The molecule has 0 bridgehead atoms. The fraction of sp³-hybridized carbons (Fsp3) is 0.500. The van der Waals surface area contributed by atoms with Crippen molar-refractivity contribution >= 4 is 17.4 Å². The highest BCUT2D eigenvalue weighted by Gasteiger charge is 2.27. The molecule has 1 aromatic heterocycles. The second-order valence-electron chi connectivity index (χ2n) is 3.73. The van der Waals surface area contributed by atoms with E-state index in [-0.39, 0.29) is 23.0 Å². The predicted molar refractivity (Wildman–Crippen MR) is 58.8 cm³/mol. The maximum Gasteiger partial charge on any atom is 0.406 e. The number of halogens is 1. The Balaban J connectivity index is 2.12. The molecule has 2 rings (SSSR count). The van der Waals surface area contributed by atoms with Crippen LogP contribution in [0.2, 0.25) is 0 Å². The van der Waals surface area contributed by atoms with Crippen LogP contribution in [0.4, 0.5) is 5.82 Å². The van der Waals surface area contributed by atoms with Gasteiger partial charge in [0.25, 0.3) is 0 Å². The molecule has 0 aromatic carbocycles. The number of rotatable bonds is 3. The van der Waals surface area contributed by atoms with E-state index >= 15 is 0 Å². The number of ether oxygens (including phenoxy) is 1. The molecule has 1 aliphatic rings. The lowest BCUT2D eigenvalue weighted by atomic mass is 10.3. The average Bonchev–Trinajstić information content (AvgIpc) is 2.64. The molecule has 1 fully saturated rings. The van der Waals surface area contributed by atoms with Gasteiger partial charge in [0, 0.05) is 11.8 Å². The summed E-state index contributed by atoms with van der Waals surface area (Å²) in [7, 11) is 0. The van der Waals surface area contributed by atoms with Crippen LogP contribution in [0.25, 0.3) is 0 Å². The summed E-state index contributed by atoms with van der Waals surface area (Å²) in [6.45, 7) is 0. The lowest BCUT2D eigenvalue weighted by molar-refractivity contribution is -0.390.